The molecule has 0 bridgehead atoms. The Hall–Kier alpha value is -3.71. The molecule has 1 amide bonds. The van der Waals surface area contributed by atoms with Crippen LogP contribution in [0, 0.1) is 4.91 Å². The molecule has 3 aromatic carbocycles. The average Bonchev–Trinajstić information content (AvgIpc) is 2.89. The molecule has 3 aromatic rings. The lowest BCUT2D eigenvalue weighted by Crippen LogP contribution is -2.41. The standard InChI is InChI=1S/C29H34N4O3/c1-2-9-23-10-8-13-25(22-23)31-33(35)21-20-32-18-16-26(17-19-32)36-29(34)30-28-15-7-6-14-27(28)24-11-4-3-5-12-24/h3-8,10-15,22,26H,2,9,16-21H2,1H3,(H-,30,31,34,35)/p+1. The lowest BCUT2D eigenvalue weighted by atomic mass is 10.0. The van der Waals surface area contributed by atoms with E-state index in [2.05, 4.69) is 28.6 Å². The van der Waals surface area contributed by atoms with Crippen molar-refractivity contribution in [1.29, 1.82) is 0 Å². The van der Waals surface area contributed by atoms with Crippen molar-refractivity contribution in [2.45, 2.75) is 38.7 Å². The summed E-state index contributed by atoms with van der Waals surface area (Å²) in [5.41, 5.74) is 7.70. The van der Waals surface area contributed by atoms with E-state index in [1.54, 1.807) is 0 Å². The molecule has 188 valence electrons. The maximum Gasteiger partial charge on any atom is 0.411 e. The first-order valence-corrected chi connectivity index (χ1v) is 12.8. The largest absolute Gasteiger partial charge is 0.446 e. The number of hydrogen-bond acceptors (Lipinski definition) is 4. The number of anilines is 2. The van der Waals surface area contributed by atoms with Crippen molar-refractivity contribution in [2.24, 2.45) is 0 Å². The lowest BCUT2D eigenvalue weighted by molar-refractivity contribution is -0.518. The third-order valence-electron chi connectivity index (χ3n) is 6.40. The van der Waals surface area contributed by atoms with Gasteiger partial charge in [0.2, 0.25) is 6.54 Å². The van der Waals surface area contributed by atoms with Gasteiger partial charge in [-0.3, -0.25) is 10.2 Å². The normalized spacial score (nSPS) is 14.2. The number of piperidine rings is 1. The Morgan fingerprint density at radius 1 is 1.00 bits per heavy atom. The Labute approximate surface area is 213 Å². The minimum Gasteiger partial charge on any atom is -0.446 e. The van der Waals surface area contributed by atoms with Crippen molar-refractivity contribution in [2.75, 3.05) is 36.9 Å². The molecule has 7 nitrogen and oxygen atoms in total. The number of carbonyl (C=O) groups excluding carboxylic acids is 1. The molecule has 0 aliphatic carbocycles. The van der Waals surface area contributed by atoms with Crippen LogP contribution in [-0.2, 0) is 11.2 Å². The zero-order chi connectivity index (χ0) is 25.2. The van der Waals surface area contributed by atoms with Gasteiger partial charge in [-0.1, -0.05) is 74.0 Å². The molecule has 1 aliphatic heterocycles. The van der Waals surface area contributed by atoms with Crippen LogP contribution < -0.4 is 10.7 Å². The predicted molar refractivity (Wildman–Crippen MR) is 144 cm³/mol. The summed E-state index contributed by atoms with van der Waals surface area (Å²) in [7, 11) is 0. The second kappa shape index (κ2) is 12.8. The summed E-state index contributed by atoms with van der Waals surface area (Å²) in [5.74, 6) is 0. The highest BCUT2D eigenvalue weighted by molar-refractivity contribution is 5.91. The molecule has 0 radical (unpaired) electrons. The summed E-state index contributed by atoms with van der Waals surface area (Å²) in [4.78, 5) is 28.1. The van der Waals surface area contributed by atoms with Crippen molar-refractivity contribution in [1.82, 2.24) is 4.90 Å². The van der Waals surface area contributed by atoms with Crippen LogP contribution in [0.25, 0.3) is 11.1 Å². The maximum atomic E-state index is 12.6. The van der Waals surface area contributed by atoms with Gasteiger partial charge in [-0.2, -0.15) is 0 Å². The van der Waals surface area contributed by atoms with Gasteiger partial charge in [0.15, 0.2) is 0 Å². The van der Waals surface area contributed by atoms with Gasteiger partial charge in [0.05, 0.1) is 17.1 Å². The Bertz CT molecular complexity index is 1140. The summed E-state index contributed by atoms with van der Waals surface area (Å²) in [6.45, 7) is 4.75. The fraction of sp³-hybridized carbons (Fsp3) is 0.345. The second-order valence-electron chi connectivity index (χ2n) is 9.15. The minimum absolute atomic E-state index is 0.132. The van der Waals surface area contributed by atoms with Crippen LogP contribution >= 0.6 is 0 Å². The number of hydrazine groups is 1. The first-order chi connectivity index (χ1) is 17.6. The van der Waals surface area contributed by atoms with Gasteiger partial charge >= 0.3 is 6.09 Å². The maximum absolute atomic E-state index is 12.6. The Kier molecular flexibility index (Phi) is 9.05. The van der Waals surface area contributed by atoms with Crippen molar-refractivity contribution in [3.63, 3.8) is 0 Å². The molecule has 1 heterocycles. The molecule has 4 rings (SSSR count). The van der Waals surface area contributed by atoms with E-state index in [9.17, 15) is 9.70 Å². The van der Waals surface area contributed by atoms with Crippen LogP contribution in [0.4, 0.5) is 16.2 Å². The molecule has 0 aromatic heterocycles. The third-order valence-corrected chi connectivity index (χ3v) is 6.40. The molecular weight excluding hydrogens is 452 g/mol. The Morgan fingerprint density at radius 2 is 1.75 bits per heavy atom. The molecule has 0 atom stereocenters. The summed E-state index contributed by atoms with van der Waals surface area (Å²) in [6, 6.07) is 25.7. The van der Waals surface area contributed by atoms with Crippen LogP contribution in [0.15, 0.2) is 78.9 Å². The van der Waals surface area contributed by atoms with Crippen molar-refractivity contribution in [3.05, 3.63) is 89.3 Å². The molecule has 0 unspecified atom stereocenters. The fourth-order valence-electron chi connectivity index (χ4n) is 4.52. The minimum atomic E-state index is -0.433. The number of para-hydroxylation sites is 1. The number of nitrogens with zero attached hydrogens (tertiary/aromatic N) is 2. The molecule has 0 saturated carbocycles. The monoisotopic (exact) mass is 487 g/mol. The van der Waals surface area contributed by atoms with Gasteiger partial charge < -0.3 is 4.74 Å². The van der Waals surface area contributed by atoms with E-state index < -0.39 is 6.09 Å². The Balaban J connectivity index is 1.19. The van der Waals surface area contributed by atoms with Crippen LogP contribution in [0.3, 0.4) is 0 Å². The number of hydrogen-bond donors (Lipinski definition) is 2. The van der Waals surface area contributed by atoms with Gasteiger partial charge in [0.25, 0.3) is 0 Å². The fourth-order valence-corrected chi connectivity index (χ4v) is 4.52. The number of benzene rings is 3. The molecule has 36 heavy (non-hydrogen) atoms. The lowest BCUT2D eigenvalue weighted by Gasteiger charge is -2.30. The zero-order valence-corrected chi connectivity index (χ0v) is 20.9. The van der Waals surface area contributed by atoms with Crippen molar-refractivity contribution < 1.29 is 14.4 Å². The number of likely N-dealkylation sites (tertiary alicyclic amines) is 1. The highest BCUT2D eigenvalue weighted by Gasteiger charge is 2.24. The number of nitroso groups, excluding NO2 is 1. The van der Waals surface area contributed by atoms with Gasteiger partial charge in [-0.15, -0.1) is 5.43 Å². The molecular formula is C29H35N4O3+. The van der Waals surface area contributed by atoms with Gasteiger partial charge in [-0.05, 0) is 48.6 Å². The van der Waals surface area contributed by atoms with Crippen molar-refractivity contribution in [3.8, 4) is 11.1 Å². The molecule has 0 spiro atoms. The van der Waals surface area contributed by atoms with Gasteiger partial charge in [0.1, 0.15) is 16.7 Å². The number of rotatable bonds is 10. The number of ether oxygens (including phenoxy) is 1. The van der Waals surface area contributed by atoms with Crippen molar-refractivity contribution >= 4 is 17.5 Å². The highest BCUT2D eigenvalue weighted by Crippen LogP contribution is 2.28. The quantitative estimate of drug-likeness (QED) is 0.266. The van der Waals surface area contributed by atoms with Crippen LogP contribution in [0.1, 0.15) is 31.7 Å². The van der Waals surface area contributed by atoms with E-state index in [-0.39, 0.29) is 6.10 Å². The molecule has 2 N–H and O–H groups in total. The van der Waals surface area contributed by atoms with Crippen LogP contribution in [0.5, 0.6) is 0 Å². The number of nitrogens with one attached hydrogen (secondary N) is 2. The van der Waals surface area contributed by atoms with E-state index in [0.717, 1.165) is 66.1 Å². The summed E-state index contributed by atoms with van der Waals surface area (Å²) < 4.78 is 5.71. The molecule has 1 fully saturated rings. The molecule has 1 saturated heterocycles. The summed E-state index contributed by atoms with van der Waals surface area (Å²) in [6.07, 6.45) is 3.01. The Morgan fingerprint density at radius 3 is 2.53 bits per heavy atom. The average molecular weight is 488 g/mol. The first-order valence-electron chi connectivity index (χ1n) is 12.8. The summed E-state index contributed by atoms with van der Waals surface area (Å²) >= 11 is 0. The highest BCUT2D eigenvalue weighted by atomic mass is 16.6. The second-order valence-corrected chi connectivity index (χ2v) is 9.15. The predicted octanol–water partition coefficient (Wildman–Crippen LogP) is 6.13. The van der Waals surface area contributed by atoms with Crippen LogP contribution in [0.2, 0.25) is 0 Å². The van der Waals surface area contributed by atoms with E-state index in [1.807, 2.05) is 72.8 Å². The first kappa shape index (κ1) is 25.4. The topological polar surface area (TPSA) is 73.7 Å². The van der Waals surface area contributed by atoms with Crippen LogP contribution in [-0.4, -0.2) is 48.1 Å². The zero-order valence-electron chi connectivity index (χ0n) is 20.9. The smallest absolute Gasteiger partial charge is 0.411 e. The summed E-state index contributed by atoms with van der Waals surface area (Å²) in [5, 5.41) is 2.91. The van der Waals surface area contributed by atoms with Gasteiger partial charge in [0, 0.05) is 18.7 Å². The number of amides is 1. The third kappa shape index (κ3) is 7.39. The SMILES string of the molecule is CCCc1cccc(N[N+](=O)CCN2CCC(OC(=O)Nc3ccccc3-c3ccccc3)CC2)c1. The van der Waals surface area contributed by atoms with Gasteiger partial charge in [-0.25, -0.2) is 4.79 Å². The number of aryl methyl sites for hydroxylation is 1. The molecule has 7 heteroatoms. The van der Waals surface area contributed by atoms with E-state index in [0.29, 0.717) is 13.1 Å². The number of carbonyl (C=O) groups is 1. The van der Waals surface area contributed by atoms with E-state index >= 15 is 0 Å². The molecule has 1 aliphatic rings. The van der Waals surface area contributed by atoms with E-state index in [4.69, 9.17) is 4.74 Å². The van der Waals surface area contributed by atoms with E-state index in [1.165, 1.54) is 5.56 Å².